The molecule has 0 spiro atoms. The van der Waals surface area contributed by atoms with Crippen molar-refractivity contribution in [2.24, 2.45) is 5.73 Å². The normalized spacial score (nSPS) is 11.6. The molecular formula is C24H22F2N2O5. The summed E-state index contributed by atoms with van der Waals surface area (Å²) in [5, 5.41) is 9.12. The Balaban J connectivity index is 1.99. The van der Waals surface area contributed by atoms with E-state index in [1.165, 1.54) is 13.0 Å². The van der Waals surface area contributed by atoms with Gasteiger partial charge in [-0.3, -0.25) is 0 Å². The average molecular weight is 456 g/mol. The van der Waals surface area contributed by atoms with Gasteiger partial charge in [0.15, 0.2) is 17.7 Å². The highest BCUT2D eigenvalue weighted by Gasteiger charge is 2.22. The number of hydrogen-bond acceptors (Lipinski definition) is 6. The van der Waals surface area contributed by atoms with E-state index in [1.807, 2.05) is 24.3 Å². The van der Waals surface area contributed by atoms with Crippen molar-refractivity contribution in [2.45, 2.75) is 32.4 Å². The summed E-state index contributed by atoms with van der Waals surface area (Å²) in [5.41, 5.74) is 8.71. The van der Waals surface area contributed by atoms with E-state index in [2.05, 4.69) is 4.98 Å². The summed E-state index contributed by atoms with van der Waals surface area (Å²) in [4.78, 5) is 26.0. The van der Waals surface area contributed by atoms with E-state index in [1.54, 1.807) is 12.1 Å². The van der Waals surface area contributed by atoms with Gasteiger partial charge in [0, 0.05) is 19.0 Å². The topological polar surface area (TPSA) is 112 Å². The Hall–Kier alpha value is -3.85. The molecule has 1 heterocycles. The lowest BCUT2D eigenvalue weighted by Crippen LogP contribution is -2.26. The molecule has 33 heavy (non-hydrogen) atoms. The van der Waals surface area contributed by atoms with Gasteiger partial charge in [0.25, 0.3) is 11.8 Å². The SMILES string of the molecule is CC[C@@H](Oc1nc(Oc2cc(CC=O)cc(-c3cccc(CN)c3)c2)c(F)cc1F)C(=O)O. The van der Waals surface area contributed by atoms with Gasteiger partial charge >= 0.3 is 5.97 Å². The summed E-state index contributed by atoms with van der Waals surface area (Å²) in [7, 11) is 0. The summed E-state index contributed by atoms with van der Waals surface area (Å²) >= 11 is 0. The summed E-state index contributed by atoms with van der Waals surface area (Å²) in [5.74, 6) is -4.71. The number of benzene rings is 2. The molecule has 0 bridgehead atoms. The van der Waals surface area contributed by atoms with E-state index in [9.17, 15) is 18.4 Å². The first-order chi connectivity index (χ1) is 15.8. The lowest BCUT2D eigenvalue weighted by Gasteiger charge is -2.15. The van der Waals surface area contributed by atoms with Crippen molar-refractivity contribution in [3.63, 3.8) is 0 Å². The smallest absolute Gasteiger partial charge is 0.344 e. The van der Waals surface area contributed by atoms with Crippen molar-refractivity contribution >= 4 is 12.3 Å². The van der Waals surface area contributed by atoms with Crippen molar-refractivity contribution < 1.29 is 33.0 Å². The minimum Gasteiger partial charge on any atom is -0.479 e. The highest BCUT2D eigenvalue weighted by molar-refractivity contribution is 5.72. The Morgan fingerprint density at radius 3 is 2.48 bits per heavy atom. The van der Waals surface area contributed by atoms with Crippen LogP contribution in [-0.2, 0) is 22.6 Å². The van der Waals surface area contributed by atoms with E-state index >= 15 is 0 Å². The van der Waals surface area contributed by atoms with Gasteiger partial charge in [0.1, 0.15) is 12.0 Å². The van der Waals surface area contributed by atoms with Gasteiger partial charge in [0.05, 0.1) is 0 Å². The summed E-state index contributed by atoms with van der Waals surface area (Å²) in [6, 6.07) is 12.9. The monoisotopic (exact) mass is 456 g/mol. The number of halogens is 2. The zero-order valence-corrected chi connectivity index (χ0v) is 17.8. The minimum atomic E-state index is -1.36. The number of aliphatic carboxylic acids is 1. The number of hydrogen-bond donors (Lipinski definition) is 2. The van der Waals surface area contributed by atoms with Gasteiger partial charge in [-0.15, -0.1) is 0 Å². The first kappa shape index (κ1) is 23.8. The van der Waals surface area contributed by atoms with Crippen LogP contribution >= 0.6 is 0 Å². The third-order valence-corrected chi connectivity index (χ3v) is 4.76. The van der Waals surface area contributed by atoms with Gasteiger partial charge in [-0.1, -0.05) is 31.2 Å². The molecule has 1 atom stereocenters. The maximum absolute atomic E-state index is 14.4. The van der Waals surface area contributed by atoms with Crippen LogP contribution in [0.15, 0.2) is 48.5 Å². The Morgan fingerprint density at radius 1 is 1.09 bits per heavy atom. The van der Waals surface area contributed by atoms with Gasteiger partial charge in [0.2, 0.25) is 0 Å². The molecule has 0 aliphatic carbocycles. The summed E-state index contributed by atoms with van der Waals surface area (Å²) in [6.07, 6.45) is -0.505. The van der Waals surface area contributed by atoms with Crippen molar-refractivity contribution in [1.82, 2.24) is 4.98 Å². The molecular weight excluding hydrogens is 434 g/mol. The van der Waals surface area contributed by atoms with Crippen LogP contribution in [0.5, 0.6) is 17.5 Å². The number of carboxylic acid groups (broad SMARTS) is 1. The second kappa shape index (κ2) is 10.6. The van der Waals surface area contributed by atoms with Gasteiger partial charge < -0.3 is 25.1 Å². The molecule has 0 aliphatic rings. The maximum atomic E-state index is 14.4. The summed E-state index contributed by atoms with van der Waals surface area (Å²) in [6.45, 7) is 1.88. The third kappa shape index (κ3) is 5.89. The van der Waals surface area contributed by atoms with Crippen LogP contribution in [0.25, 0.3) is 11.1 Å². The zero-order chi connectivity index (χ0) is 24.0. The van der Waals surface area contributed by atoms with Gasteiger partial charge in [-0.25, -0.2) is 13.6 Å². The number of carbonyl (C=O) groups excluding carboxylic acids is 1. The number of aldehydes is 1. The van der Waals surface area contributed by atoms with E-state index in [4.69, 9.17) is 20.3 Å². The minimum absolute atomic E-state index is 0.0446. The predicted octanol–water partition coefficient (Wildman–Crippen LogP) is 4.26. The summed E-state index contributed by atoms with van der Waals surface area (Å²) < 4.78 is 39.2. The first-order valence-electron chi connectivity index (χ1n) is 10.1. The fourth-order valence-corrected chi connectivity index (χ4v) is 3.12. The zero-order valence-electron chi connectivity index (χ0n) is 17.8. The van der Waals surface area contributed by atoms with Crippen molar-refractivity contribution in [3.8, 4) is 28.6 Å². The number of nitrogens with two attached hydrogens (primary N) is 1. The second-order valence-corrected chi connectivity index (χ2v) is 7.16. The molecule has 9 heteroatoms. The second-order valence-electron chi connectivity index (χ2n) is 7.16. The molecule has 7 nitrogen and oxygen atoms in total. The number of ether oxygens (including phenoxy) is 2. The van der Waals surface area contributed by atoms with Crippen LogP contribution in [0.4, 0.5) is 8.78 Å². The highest BCUT2D eigenvalue weighted by Crippen LogP contribution is 2.32. The Labute approximate surface area is 188 Å². The molecule has 0 amide bonds. The molecule has 172 valence electrons. The molecule has 2 aromatic carbocycles. The number of rotatable bonds is 10. The van der Waals surface area contributed by atoms with Crippen LogP contribution < -0.4 is 15.2 Å². The number of carboxylic acids is 1. The first-order valence-corrected chi connectivity index (χ1v) is 10.1. The molecule has 1 aromatic heterocycles. The Morgan fingerprint density at radius 2 is 1.82 bits per heavy atom. The highest BCUT2D eigenvalue weighted by atomic mass is 19.1. The van der Waals surface area contributed by atoms with Crippen LogP contribution in [0.2, 0.25) is 0 Å². The van der Waals surface area contributed by atoms with E-state index in [0.29, 0.717) is 23.7 Å². The predicted molar refractivity (Wildman–Crippen MR) is 116 cm³/mol. The third-order valence-electron chi connectivity index (χ3n) is 4.76. The van der Waals surface area contributed by atoms with E-state index < -0.39 is 35.5 Å². The molecule has 3 rings (SSSR count). The van der Waals surface area contributed by atoms with Crippen molar-refractivity contribution in [3.05, 3.63) is 71.3 Å². The van der Waals surface area contributed by atoms with Crippen LogP contribution in [0, 0.1) is 11.6 Å². The number of aromatic nitrogens is 1. The molecule has 0 fully saturated rings. The number of carbonyl (C=O) groups is 2. The fourth-order valence-electron chi connectivity index (χ4n) is 3.12. The molecule has 0 aliphatic heterocycles. The van der Waals surface area contributed by atoms with Crippen molar-refractivity contribution in [2.75, 3.05) is 0 Å². The van der Waals surface area contributed by atoms with Gasteiger partial charge in [-0.2, -0.15) is 4.98 Å². The lowest BCUT2D eigenvalue weighted by atomic mass is 9.99. The van der Waals surface area contributed by atoms with Crippen molar-refractivity contribution in [1.29, 1.82) is 0 Å². The fraction of sp³-hybridized carbons (Fsp3) is 0.208. The maximum Gasteiger partial charge on any atom is 0.344 e. The van der Waals surface area contributed by atoms with Crippen LogP contribution in [-0.4, -0.2) is 28.4 Å². The lowest BCUT2D eigenvalue weighted by molar-refractivity contribution is -0.145. The molecule has 3 N–H and O–H groups in total. The van der Waals surface area contributed by atoms with Crippen LogP contribution in [0.3, 0.4) is 0 Å². The number of pyridine rings is 1. The Kier molecular flexibility index (Phi) is 7.68. The number of nitrogens with zero attached hydrogens (tertiary/aromatic N) is 1. The largest absolute Gasteiger partial charge is 0.479 e. The standard InChI is InChI=1S/C24H22F2N2O5/c1-2-21(24(30)31)33-23-20(26)12-19(25)22(28-23)32-18-10-14(6-7-29)8-17(11-18)16-5-3-4-15(9-16)13-27/h3-5,7-12,21H,2,6,13,27H2,1H3,(H,30,31)/t21-/m1/s1. The van der Waals surface area contributed by atoms with E-state index in [0.717, 1.165) is 17.4 Å². The quantitative estimate of drug-likeness (QED) is 0.439. The molecule has 0 unspecified atom stereocenters. The molecule has 0 saturated heterocycles. The Bertz CT molecular complexity index is 1170. The molecule has 0 saturated carbocycles. The molecule has 0 radical (unpaired) electrons. The molecule has 3 aromatic rings. The average Bonchev–Trinajstić information content (AvgIpc) is 2.80. The van der Waals surface area contributed by atoms with Crippen LogP contribution in [0.1, 0.15) is 24.5 Å². The van der Waals surface area contributed by atoms with E-state index in [-0.39, 0.29) is 18.6 Å². The van der Waals surface area contributed by atoms with Gasteiger partial charge in [-0.05, 0) is 46.9 Å².